The minimum atomic E-state index is -0.604. The van der Waals surface area contributed by atoms with Gasteiger partial charge in [-0.1, -0.05) is 0 Å². The predicted molar refractivity (Wildman–Crippen MR) is 39.7 cm³/mol. The van der Waals surface area contributed by atoms with Gasteiger partial charge in [-0.2, -0.15) is 0 Å². The van der Waals surface area contributed by atoms with Gasteiger partial charge in [-0.05, 0) is 0 Å². The Kier molecular flexibility index (Phi) is 1.59. The van der Waals surface area contributed by atoms with E-state index in [0.29, 0.717) is 0 Å². The number of anilines is 2. The lowest BCUT2D eigenvalue weighted by Crippen LogP contribution is -2.01. The molecule has 0 atom stereocenters. The Morgan fingerprint density at radius 3 is 2.64 bits per heavy atom. The summed E-state index contributed by atoms with van der Waals surface area (Å²) in [6, 6.07) is 1.20. The van der Waals surface area contributed by atoms with Gasteiger partial charge in [0, 0.05) is 12.3 Å². The second-order valence-corrected chi connectivity index (χ2v) is 1.89. The average Bonchev–Trinajstić information content (AvgIpc) is 1.94. The molecule has 0 aliphatic carbocycles. The number of rotatable bonds is 1. The van der Waals surface area contributed by atoms with Crippen LogP contribution in [-0.2, 0) is 0 Å². The summed E-state index contributed by atoms with van der Waals surface area (Å²) >= 11 is 0. The van der Waals surface area contributed by atoms with Gasteiger partial charge < -0.3 is 11.5 Å². The maximum absolute atomic E-state index is 10.2. The van der Waals surface area contributed by atoms with Crippen LogP contribution in [0.2, 0.25) is 0 Å². The monoisotopic (exact) mass is 154 g/mol. The molecule has 0 aliphatic rings. The van der Waals surface area contributed by atoms with Crippen LogP contribution in [0.1, 0.15) is 0 Å². The first-order chi connectivity index (χ1) is 5.13. The van der Waals surface area contributed by atoms with E-state index in [2.05, 4.69) is 4.98 Å². The predicted octanol–water partition coefficient (Wildman–Crippen LogP) is 0.154. The van der Waals surface area contributed by atoms with Gasteiger partial charge in [0.2, 0.25) is 0 Å². The summed E-state index contributed by atoms with van der Waals surface area (Å²) in [4.78, 5) is 13.2. The van der Waals surface area contributed by atoms with Crippen molar-refractivity contribution in [3.05, 3.63) is 22.4 Å². The molecule has 1 heterocycles. The quantitative estimate of drug-likeness (QED) is 0.442. The van der Waals surface area contributed by atoms with Crippen LogP contribution >= 0.6 is 0 Å². The lowest BCUT2D eigenvalue weighted by Gasteiger charge is -1.97. The molecule has 1 aromatic heterocycles. The summed E-state index contributed by atoms with van der Waals surface area (Å²) in [5.74, 6) is -0.0146. The molecule has 0 radical (unpaired) electrons. The van der Waals surface area contributed by atoms with Crippen LogP contribution in [0.15, 0.2) is 12.3 Å². The normalized spacial score (nSPS) is 9.45. The molecule has 0 unspecified atom stereocenters. The molecule has 0 spiro atoms. The smallest absolute Gasteiger partial charge is 0.297 e. The van der Waals surface area contributed by atoms with E-state index in [1.807, 2.05) is 0 Å². The number of aromatic nitrogens is 1. The fraction of sp³-hybridized carbons (Fsp3) is 0. The number of hydrogen-bond acceptors (Lipinski definition) is 5. The second kappa shape index (κ2) is 2.41. The van der Waals surface area contributed by atoms with Crippen molar-refractivity contribution in [2.24, 2.45) is 0 Å². The molecule has 0 saturated heterocycles. The highest BCUT2D eigenvalue weighted by Gasteiger charge is 2.12. The van der Waals surface area contributed by atoms with Crippen molar-refractivity contribution in [2.75, 3.05) is 11.5 Å². The van der Waals surface area contributed by atoms with Gasteiger partial charge >= 0.3 is 0 Å². The fourth-order valence-corrected chi connectivity index (χ4v) is 0.638. The first-order valence-electron chi connectivity index (χ1n) is 2.77. The number of nitrogens with two attached hydrogens (primary N) is 2. The van der Waals surface area contributed by atoms with E-state index in [-0.39, 0.29) is 17.2 Å². The van der Waals surface area contributed by atoms with Gasteiger partial charge in [-0.3, -0.25) is 10.1 Å². The molecule has 6 nitrogen and oxygen atoms in total. The van der Waals surface area contributed by atoms with E-state index in [1.165, 1.54) is 12.3 Å². The zero-order valence-electron chi connectivity index (χ0n) is 5.52. The van der Waals surface area contributed by atoms with Crippen molar-refractivity contribution in [1.82, 2.24) is 4.98 Å². The molecule has 11 heavy (non-hydrogen) atoms. The van der Waals surface area contributed by atoms with Crippen LogP contribution in [0.4, 0.5) is 17.2 Å². The Hall–Kier alpha value is -1.85. The molecule has 58 valence electrons. The number of nitro groups is 1. The third kappa shape index (κ3) is 1.18. The largest absolute Gasteiger partial charge is 0.390 e. The van der Waals surface area contributed by atoms with Gasteiger partial charge in [-0.15, -0.1) is 0 Å². The first-order valence-corrected chi connectivity index (χ1v) is 2.77. The van der Waals surface area contributed by atoms with Gasteiger partial charge in [0.1, 0.15) is 0 Å². The van der Waals surface area contributed by atoms with Crippen molar-refractivity contribution in [1.29, 1.82) is 0 Å². The van der Waals surface area contributed by atoms with Crippen molar-refractivity contribution in [2.45, 2.75) is 0 Å². The van der Waals surface area contributed by atoms with Gasteiger partial charge in [0.25, 0.3) is 5.69 Å². The van der Waals surface area contributed by atoms with Crippen LogP contribution < -0.4 is 11.5 Å². The average molecular weight is 154 g/mol. The Morgan fingerprint density at radius 1 is 1.55 bits per heavy atom. The lowest BCUT2D eigenvalue weighted by atomic mass is 10.3. The maximum Gasteiger partial charge on any atom is 0.297 e. The molecule has 0 bridgehead atoms. The maximum atomic E-state index is 10.2. The van der Waals surface area contributed by atoms with Crippen LogP contribution in [0, 0.1) is 10.1 Å². The minimum Gasteiger partial charge on any atom is -0.390 e. The summed E-state index contributed by atoms with van der Waals surface area (Å²) in [6.07, 6.45) is 1.24. The number of nitrogen functional groups attached to an aromatic ring is 2. The Morgan fingerprint density at radius 2 is 2.18 bits per heavy atom. The molecule has 0 aromatic carbocycles. The Balaban J connectivity index is 3.27. The summed E-state index contributed by atoms with van der Waals surface area (Å²) in [7, 11) is 0. The Labute approximate surface area is 62.0 Å². The third-order valence-electron chi connectivity index (χ3n) is 1.19. The second-order valence-electron chi connectivity index (χ2n) is 1.89. The topological polar surface area (TPSA) is 108 Å². The Bertz CT molecular complexity index is 299. The van der Waals surface area contributed by atoms with Crippen LogP contribution in [0.3, 0.4) is 0 Å². The number of nitrogens with zero attached hydrogens (tertiary/aromatic N) is 2. The van der Waals surface area contributed by atoms with E-state index in [0.717, 1.165) is 0 Å². The summed E-state index contributed by atoms with van der Waals surface area (Å²) < 4.78 is 0. The van der Waals surface area contributed by atoms with Gasteiger partial charge in [0.05, 0.1) is 4.92 Å². The zero-order chi connectivity index (χ0) is 8.43. The summed E-state index contributed by atoms with van der Waals surface area (Å²) in [5.41, 5.74) is 10.2. The van der Waals surface area contributed by atoms with Crippen molar-refractivity contribution in [3.63, 3.8) is 0 Å². The summed E-state index contributed by atoms with van der Waals surface area (Å²) in [6.45, 7) is 0. The molecule has 0 saturated carbocycles. The molecule has 1 rings (SSSR count). The molecule has 6 heteroatoms. The van der Waals surface area contributed by atoms with E-state index >= 15 is 0 Å². The fourth-order valence-electron chi connectivity index (χ4n) is 0.638. The van der Waals surface area contributed by atoms with Crippen LogP contribution in [0.5, 0.6) is 0 Å². The lowest BCUT2D eigenvalue weighted by molar-refractivity contribution is -0.383. The highest BCUT2D eigenvalue weighted by Crippen LogP contribution is 2.23. The molecule has 0 amide bonds. The first kappa shape index (κ1) is 7.26. The summed E-state index contributed by atoms with van der Waals surface area (Å²) in [5, 5.41) is 10.2. The van der Waals surface area contributed by atoms with Crippen molar-refractivity contribution < 1.29 is 4.92 Å². The minimum absolute atomic E-state index is 0.0146. The van der Waals surface area contributed by atoms with Crippen molar-refractivity contribution in [3.8, 4) is 0 Å². The highest BCUT2D eigenvalue weighted by molar-refractivity contribution is 5.69. The molecule has 4 N–H and O–H groups in total. The van der Waals surface area contributed by atoms with Gasteiger partial charge in [0.15, 0.2) is 11.5 Å². The molecule has 1 aromatic rings. The van der Waals surface area contributed by atoms with E-state index in [1.54, 1.807) is 0 Å². The van der Waals surface area contributed by atoms with E-state index in [4.69, 9.17) is 11.5 Å². The number of hydrogen-bond donors (Lipinski definition) is 2. The standard InChI is InChI=1S/C5H6N4O2/c6-4-3(9(10)11)1-2-8-5(4)7/h1-2H,6H2,(H2,7,8). The van der Waals surface area contributed by atoms with Crippen LogP contribution in [0.25, 0.3) is 0 Å². The molecule has 0 aliphatic heterocycles. The molecular weight excluding hydrogens is 148 g/mol. The van der Waals surface area contributed by atoms with Gasteiger partial charge in [-0.25, -0.2) is 4.98 Å². The highest BCUT2D eigenvalue weighted by atomic mass is 16.6. The molecule has 0 fully saturated rings. The van der Waals surface area contributed by atoms with E-state index < -0.39 is 4.92 Å². The SMILES string of the molecule is Nc1nccc([N+](=O)[O-])c1N. The van der Waals surface area contributed by atoms with E-state index in [9.17, 15) is 10.1 Å². The zero-order valence-corrected chi connectivity index (χ0v) is 5.52. The van der Waals surface area contributed by atoms with Crippen LogP contribution in [-0.4, -0.2) is 9.91 Å². The molecular formula is C5H6N4O2. The third-order valence-corrected chi connectivity index (χ3v) is 1.19. The number of pyridine rings is 1. The van der Waals surface area contributed by atoms with Crippen molar-refractivity contribution >= 4 is 17.2 Å².